The molecule has 0 unspecified atom stereocenters. The maximum absolute atomic E-state index is 13.0. The SMILES string of the molecule is C=CCc1cc(/C=N\NC(=O)C[C@@H](NS(=O)(=O)c2ccc(C)cc2)c2ccccc2)cc(OC)c1O. The summed E-state index contributed by atoms with van der Waals surface area (Å²) in [5.41, 5.74) is 5.22. The van der Waals surface area contributed by atoms with Gasteiger partial charge in [-0.05, 0) is 48.7 Å². The predicted molar refractivity (Wildman–Crippen MR) is 140 cm³/mol. The summed E-state index contributed by atoms with van der Waals surface area (Å²) in [6, 6.07) is 17.8. The number of carbonyl (C=O) groups is 1. The van der Waals surface area contributed by atoms with Gasteiger partial charge in [0.25, 0.3) is 0 Å². The second-order valence-electron chi connectivity index (χ2n) is 8.12. The third-order valence-electron chi connectivity index (χ3n) is 5.38. The van der Waals surface area contributed by atoms with Gasteiger partial charge in [0.1, 0.15) is 0 Å². The van der Waals surface area contributed by atoms with Crippen LogP contribution >= 0.6 is 0 Å². The van der Waals surface area contributed by atoms with Gasteiger partial charge in [-0.2, -0.15) is 5.10 Å². The molecule has 0 radical (unpaired) electrons. The van der Waals surface area contributed by atoms with Gasteiger partial charge in [0.2, 0.25) is 15.9 Å². The van der Waals surface area contributed by atoms with E-state index in [1.54, 1.807) is 54.6 Å². The number of allylic oxidation sites excluding steroid dienone is 1. The summed E-state index contributed by atoms with van der Waals surface area (Å²) in [6.45, 7) is 5.55. The van der Waals surface area contributed by atoms with E-state index < -0.39 is 22.0 Å². The molecule has 0 bridgehead atoms. The van der Waals surface area contributed by atoms with Crippen LogP contribution in [-0.2, 0) is 21.2 Å². The van der Waals surface area contributed by atoms with Crippen molar-refractivity contribution in [1.82, 2.24) is 10.1 Å². The van der Waals surface area contributed by atoms with Gasteiger partial charge in [-0.3, -0.25) is 4.79 Å². The maximum Gasteiger partial charge on any atom is 0.242 e. The van der Waals surface area contributed by atoms with Crippen LogP contribution in [0.5, 0.6) is 11.5 Å². The number of nitrogens with zero attached hydrogens (tertiary/aromatic N) is 1. The van der Waals surface area contributed by atoms with Crippen LogP contribution in [0.15, 0.2) is 89.4 Å². The molecular weight excluding hydrogens is 478 g/mol. The van der Waals surface area contributed by atoms with E-state index >= 15 is 0 Å². The molecule has 0 aliphatic rings. The number of aromatic hydroxyl groups is 1. The molecule has 3 rings (SSSR count). The minimum absolute atomic E-state index is 0.0187. The molecule has 0 aromatic heterocycles. The first-order chi connectivity index (χ1) is 17.2. The van der Waals surface area contributed by atoms with E-state index in [0.29, 0.717) is 23.1 Å². The second-order valence-corrected chi connectivity index (χ2v) is 9.83. The Kier molecular flexibility index (Phi) is 8.99. The van der Waals surface area contributed by atoms with E-state index in [1.807, 2.05) is 13.0 Å². The van der Waals surface area contributed by atoms with Gasteiger partial charge in [0, 0.05) is 12.0 Å². The fourth-order valence-electron chi connectivity index (χ4n) is 3.53. The van der Waals surface area contributed by atoms with E-state index in [4.69, 9.17) is 4.74 Å². The maximum atomic E-state index is 13.0. The van der Waals surface area contributed by atoms with E-state index in [-0.39, 0.29) is 22.8 Å². The summed E-state index contributed by atoms with van der Waals surface area (Å²) in [6.07, 6.45) is 3.32. The fraction of sp³-hybridized carbons (Fsp3) is 0.185. The van der Waals surface area contributed by atoms with Crippen molar-refractivity contribution < 1.29 is 23.1 Å². The van der Waals surface area contributed by atoms with Gasteiger partial charge >= 0.3 is 0 Å². The lowest BCUT2D eigenvalue weighted by molar-refractivity contribution is -0.121. The largest absolute Gasteiger partial charge is 0.504 e. The molecule has 0 spiro atoms. The number of rotatable bonds is 11. The quantitative estimate of drug-likeness (QED) is 0.206. The number of methoxy groups -OCH3 is 1. The number of amides is 1. The molecule has 8 nitrogen and oxygen atoms in total. The molecule has 0 aliphatic heterocycles. The Hall–Kier alpha value is -3.95. The molecule has 0 fully saturated rings. The molecule has 1 atom stereocenters. The third kappa shape index (κ3) is 7.03. The monoisotopic (exact) mass is 507 g/mol. The standard InChI is InChI=1S/C27H29N3O5S/c1-4-8-22-15-20(16-25(35-3)27(22)32)18-28-29-26(31)17-24(21-9-6-5-7-10-21)30-36(33,34)23-13-11-19(2)12-14-23/h4-7,9-16,18,24,30,32H,1,8,17H2,2-3H3,(H,29,31)/b28-18-/t24-/m1/s1. The summed E-state index contributed by atoms with van der Waals surface area (Å²) in [5, 5.41) is 14.2. The number of ether oxygens (including phenoxy) is 1. The highest BCUT2D eigenvalue weighted by atomic mass is 32.2. The second kappa shape index (κ2) is 12.1. The number of hydrazone groups is 1. The Morgan fingerprint density at radius 1 is 1.14 bits per heavy atom. The highest BCUT2D eigenvalue weighted by Gasteiger charge is 2.23. The number of nitrogens with one attached hydrogen (secondary N) is 2. The van der Waals surface area contributed by atoms with Crippen molar-refractivity contribution in [3.63, 3.8) is 0 Å². The van der Waals surface area contributed by atoms with Crippen LogP contribution in [0, 0.1) is 6.92 Å². The Morgan fingerprint density at radius 3 is 2.47 bits per heavy atom. The van der Waals surface area contributed by atoms with Crippen LogP contribution in [0.4, 0.5) is 0 Å². The first-order valence-corrected chi connectivity index (χ1v) is 12.7. The first kappa shape index (κ1) is 26.7. The highest BCUT2D eigenvalue weighted by Crippen LogP contribution is 2.31. The van der Waals surface area contributed by atoms with E-state index in [9.17, 15) is 18.3 Å². The normalized spacial score (nSPS) is 12.3. The number of phenols is 1. The number of hydrogen-bond donors (Lipinski definition) is 3. The van der Waals surface area contributed by atoms with Gasteiger partial charge in [-0.1, -0.05) is 54.1 Å². The van der Waals surface area contributed by atoms with Gasteiger partial charge in [-0.15, -0.1) is 6.58 Å². The summed E-state index contributed by atoms with van der Waals surface area (Å²) in [5.74, 6) is -0.189. The van der Waals surface area contributed by atoms with Crippen LogP contribution in [-0.4, -0.2) is 32.8 Å². The Balaban J connectivity index is 1.75. The van der Waals surface area contributed by atoms with E-state index in [1.165, 1.54) is 25.5 Å². The predicted octanol–water partition coefficient (Wildman–Crippen LogP) is 4.00. The van der Waals surface area contributed by atoms with Gasteiger partial charge in [0.05, 0.1) is 24.3 Å². The van der Waals surface area contributed by atoms with Gasteiger partial charge in [-0.25, -0.2) is 18.6 Å². The van der Waals surface area contributed by atoms with Crippen LogP contribution in [0.2, 0.25) is 0 Å². The van der Waals surface area contributed by atoms with Crippen molar-refractivity contribution in [3.05, 3.63) is 102 Å². The van der Waals surface area contributed by atoms with Crippen LogP contribution in [0.1, 0.15) is 34.7 Å². The Bertz CT molecular complexity index is 1340. The average molecular weight is 508 g/mol. The summed E-state index contributed by atoms with van der Waals surface area (Å²) in [4.78, 5) is 12.8. The molecular formula is C27H29N3O5S. The number of sulfonamides is 1. The summed E-state index contributed by atoms with van der Waals surface area (Å²) < 4.78 is 33.8. The number of hydrogen-bond acceptors (Lipinski definition) is 6. The van der Waals surface area contributed by atoms with Crippen molar-refractivity contribution in [2.45, 2.75) is 30.7 Å². The molecule has 0 saturated carbocycles. The zero-order chi connectivity index (χ0) is 26.1. The van der Waals surface area contributed by atoms with Crippen LogP contribution in [0.3, 0.4) is 0 Å². The topological polar surface area (TPSA) is 117 Å². The third-order valence-corrected chi connectivity index (χ3v) is 6.87. The van der Waals surface area contributed by atoms with E-state index in [2.05, 4.69) is 21.8 Å². The minimum Gasteiger partial charge on any atom is -0.504 e. The fourth-order valence-corrected chi connectivity index (χ4v) is 4.75. The molecule has 36 heavy (non-hydrogen) atoms. The first-order valence-electron chi connectivity index (χ1n) is 11.2. The Labute approximate surface area is 211 Å². The van der Waals surface area contributed by atoms with Crippen molar-refractivity contribution in [2.75, 3.05) is 7.11 Å². The smallest absolute Gasteiger partial charge is 0.242 e. The molecule has 188 valence electrons. The summed E-state index contributed by atoms with van der Waals surface area (Å²) in [7, 11) is -2.43. The van der Waals surface area contributed by atoms with Crippen molar-refractivity contribution >= 4 is 22.1 Å². The van der Waals surface area contributed by atoms with E-state index in [0.717, 1.165) is 5.56 Å². The van der Waals surface area contributed by atoms with Gasteiger partial charge in [0.15, 0.2) is 11.5 Å². The van der Waals surface area contributed by atoms with Crippen LogP contribution < -0.4 is 14.9 Å². The summed E-state index contributed by atoms with van der Waals surface area (Å²) >= 11 is 0. The molecule has 0 heterocycles. The van der Waals surface area contributed by atoms with Gasteiger partial charge < -0.3 is 9.84 Å². The number of benzene rings is 3. The van der Waals surface area contributed by atoms with Crippen molar-refractivity contribution in [1.29, 1.82) is 0 Å². The number of aryl methyl sites for hydroxylation is 1. The number of carbonyl (C=O) groups excluding carboxylic acids is 1. The average Bonchev–Trinajstić information content (AvgIpc) is 2.86. The highest BCUT2D eigenvalue weighted by molar-refractivity contribution is 7.89. The molecule has 3 N–H and O–H groups in total. The zero-order valence-corrected chi connectivity index (χ0v) is 21.0. The Morgan fingerprint density at radius 2 is 1.83 bits per heavy atom. The van der Waals surface area contributed by atoms with Crippen LogP contribution in [0.25, 0.3) is 0 Å². The number of phenolic OH excluding ortho intramolecular Hbond substituents is 1. The van der Waals surface area contributed by atoms with Crippen molar-refractivity contribution in [2.24, 2.45) is 5.10 Å². The molecule has 3 aromatic rings. The molecule has 9 heteroatoms. The lowest BCUT2D eigenvalue weighted by atomic mass is 10.0. The molecule has 3 aromatic carbocycles. The zero-order valence-electron chi connectivity index (χ0n) is 20.1. The molecule has 0 saturated heterocycles. The molecule has 0 aliphatic carbocycles. The lowest BCUT2D eigenvalue weighted by Crippen LogP contribution is -2.32. The molecule has 1 amide bonds. The minimum atomic E-state index is -3.87. The van der Waals surface area contributed by atoms with Crippen molar-refractivity contribution in [3.8, 4) is 11.5 Å². The lowest BCUT2D eigenvalue weighted by Gasteiger charge is -2.18.